The molecule has 0 saturated heterocycles. The van der Waals surface area contributed by atoms with Gasteiger partial charge in [-0.05, 0) is 24.6 Å². The van der Waals surface area contributed by atoms with E-state index < -0.39 is 0 Å². The number of nitrogens with one attached hydrogen (secondary N) is 1. The van der Waals surface area contributed by atoms with Crippen LogP contribution in [-0.4, -0.2) is 51.1 Å². The number of rotatable bonds is 6. The third-order valence-corrected chi connectivity index (χ3v) is 2.98. The van der Waals surface area contributed by atoms with Gasteiger partial charge in [0.05, 0.1) is 12.7 Å². The van der Waals surface area contributed by atoms with Crippen LogP contribution in [0.5, 0.6) is 0 Å². The van der Waals surface area contributed by atoms with Gasteiger partial charge in [0.25, 0.3) is 5.91 Å². The lowest BCUT2D eigenvalue weighted by Crippen LogP contribution is -2.35. The van der Waals surface area contributed by atoms with Crippen LogP contribution in [0.1, 0.15) is 21.5 Å². The number of amides is 1. The summed E-state index contributed by atoms with van der Waals surface area (Å²) in [6.07, 6.45) is -0.182. The molecule has 0 bridgehead atoms. The topological polar surface area (TPSA) is 67.8 Å². The highest BCUT2D eigenvalue weighted by Gasteiger charge is 2.11. The van der Waals surface area contributed by atoms with Gasteiger partial charge in [0.15, 0.2) is 0 Å². The summed E-state index contributed by atoms with van der Waals surface area (Å²) in [7, 11) is 3.16. The van der Waals surface area contributed by atoms with E-state index in [-0.39, 0.29) is 18.6 Å². The van der Waals surface area contributed by atoms with E-state index in [0.717, 1.165) is 11.1 Å². The first-order chi connectivity index (χ1) is 10.1. The van der Waals surface area contributed by atoms with Crippen LogP contribution < -0.4 is 5.32 Å². The fourth-order valence-electron chi connectivity index (χ4n) is 1.74. The molecule has 0 aliphatic heterocycles. The van der Waals surface area contributed by atoms with Gasteiger partial charge in [0, 0.05) is 31.9 Å². The molecule has 2 N–H and O–H groups in total. The van der Waals surface area contributed by atoms with Crippen molar-refractivity contribution in [1.29, 1.82) is 0 Å². The van der Waals surface area contributed by atoms with Crippen LogP contribution in [0.15, 0.2) is 18.2 Å². The molecular formula is C16H21NO4. The third-order valence-electron chi connectivity index (χ3n) is 2.98. The molecule has 5 nitrogen and oxygen atoms in total. The van der Waals surface area contributed by atoms with Crippen molar-refractivity contribution in [2.75, 3.05) is 34.0 Å². The SMILES string of the molecule is COCC(CNC(=O)c1ccc(C)c(C#CCO)c1)OC. The average molecular weight is 291 g/mol. The summed E-state index contributed by atoms with van der Waals surface area (Å²) >= 11 is 0. The molecule has 1 amide bonds. The van der Waals surface area contributed by atoms with Gasteiger partial charge in [0.2, 0.25) is 0 Å². The molecule has 0 aliphatic rings. The average Bonchev–Trinajstić information content (AvgIpc) is 2.50. The Kier molecular flexibility index (Phi) is 7.48. The van der Waals surface area contributed by atoms with Gasteiger partial charge in [-0.15, -0.1) is 0 Å². The lowest BCUT2D eigenvalue weighted by atomic mass is 10.0. The zero-order valence-electron chi connectivity index (χ0n) is 12.6. The number of ether oxygens (including phenoxy) is 2. The first kappa shape index (κ1) is 17.2. The molecule has 5 heteroatoms. The van der Waals surface area contributed by atoms with Gasteiger partial charge < -0.3 is 19.9 Å². The quantitative estimate of drug-likeness (QED) is 0.758. The van der Waals surface area contributed by atoms with Gasteiger partial charge in [-0.1, -0.05) is 17.9 Å². The highest BCUT2D eigenvalue weighted by molar-refractivity contribution is 5.94. The highest BCUT2D eigenvalue weighted by atomic mass is 16.5. The first-order valence-electron chi connectivity index (χ1n) is 6.62. The van der Waals surface area contributed by atoms with Crippen LogP contribution >= 0.6 is 0 Å². The monoisotopic (exact) mass is 291 g/mol. The Labute approximate surface area is 125 Å². The van der Waals surface area contributed by atoms with E-state index in [9.17, 15) is 4.79 Å². The van der Waals surface area contributed by atoms with E-state index in [1.54, 1.807) is 26.4 Å². The standard InChI is InChI=1S/C16H21NO4/c1-12-6-7-14(9-13(12)5-4-8-18)16(19)17-10-15(21-3)11-20-2/h6-7,9,15,18H,8,10-11H2,1-3H3,(H,17,19). The summed E-state index contributed by atoms with van der Waals surface area (Å²) in [5, 5.41) is 11.5. The number of hydrogen-bond donors (Lipinski definition) is 2. The van der Waals surface area contributed by atoms with Crippen molar-refractivity contribution in [1.82, 2.24) is 5.32 Å². The fourth-order valence-corrected chi connectivity index (χ4v) is 1.74. The number of aliphatic hydroxyl groups excluding tert-OH is 1. The van der Waals surface area contributed by atoms with Crippen molar-refractivity contribution in [3.63, 3.8) is 0 Å². The van der Waals surface area contributed by atoms with Gasteiger partial charge >= 0.3 is 0 Å². The minimum absolute atomic E-state index is 0.182. The van der Waals surface area contributed by atoms with Crippen molar-refractivity contribution in [3.05, 3.63) is 34.9 Å². The molecule has 1 rings (SSSR count). The van der Waals surface area contributed by atoms with E-state index >= 15 is 0 Å². The van der Waals surface area contributed by atoms with Crippen molar-refractivity contribution in [3.8, 4) is 11.8 Å². The molecule has 0 radical (unpaired) electrons. The molecule has 0 heterocycles. The second-order valence-corrected chi connectivity index (χ2v) is 4.51. The lowest BCUT2D eigenvalue weighted by molar-refractivity contribution is 0.0285. The number of methoxy groups -OCH3 is 2. The van der Waals surface area contributed by atoms with Crippen molar-refractivity contribution in [2.45, 2.75) is 13.0 Å². The van der Waals surface area contributed by atoms with E-state index in [0.29, 0.717) is 18.7 Å². The first-order valence-corrected chi connectivity index (χ1v) is 6.62. The minimum Gasteiger partial charge on any atom is -0.384 e. The van der Waals surface area contributed by atoms with Crippen LogP contribution in [0.25, 0.3) is 0 Å². The molecule has 21 heavy (non-hydrogen) atoms. The van der Waals surface area contributed by atoms with Crippen LogP contribution in [0, 0.1) is 18.8 Å². The summed E-state index contributed by atoms with van der Waals surface area (Å²) in [6.45, 7) is 2.48. The van der Waals surface area contributed by atoms with Crippen LogP contribution in [0.4, 0.5) is 0 Å². The van der Waals surface area contributed by atoms with Crippen molar-refractivity contribution < 1.29 is 19.4 Å². The summed E-state index contributed by atoms with van der Waals surface area (Å²) in [5.74, 6) is 5.22. The molecule has 114 valence electrons. The smallest absolute Gasteiger partial charge is 0.251 e. The predicted octanol–water partition coefficient (Wildman–Crippen LogP) is 0.730. The zero-order valence-corrected chi connectivity index (χ0v) is 12.6. The number of benzene rings is 1. The maximum atomic E-state index is 12.1. The number of aryl methyl sites for hydroxylation is 1. The van der Waals surface area contributed by atoms with Crippen LogP contribution in [0.3, 0.4) is 0 Å². The van der Waals surface area contributed by atoms with E-state index in [1.807, 2.05) is 13.0 Å². The molecule has 0 spiro atoms. The summed E-state index contributed by atoms with van der Waals surface area (Å²) in [5.41, 5.74) is 2.22. The van der Waals surface area contributed by atoms with Crippen LogP contribution in [0.2, 0.25) is 0 Å². The summed E-state index contributed by atoms with van der Waals surface area (Å²) < 4.78 is 10.2. The Hall–Kier alpha value is -1.87. The minimum atomic E-state index is -0.206. The third kappa shape index (κ3) is 5.56. The van der Waals surface area contributed by atoms with E-state index in [2.05, 4.69) is 17.2 Å². The molecule has 0 aromatic heterocycles. The summed E-state index contributed by atoms with van der Waals surface area (Å²) in [4.78, 5) is 12.1. The van der Waals surface area contributed by atoms with E-state index in [4.69, 9.17) is 14.6 Å². The Balaban J connectivity index is 2.74. The molecular weight excluding hydrogens is 270 g/mol. The van der Waals surface area contributed by atoms with Crippen molar-refractivity contribution >= 4 is 5.91 Å². The molecule has 1 atom stereocenters. The van der Waals surface area contributed by atoms with Gasteiger partial charge in [-0.25, -0.2) is 0 Å². The maximum Gasteiger partial charge on any atom is 0.251 e. The Morgan fingerprint density at radius 1 is 1.43 bits per heavy atom. The van der Waals surface area contributed by atoms with E-state index in [1.165, 1.54) is 0 Å². The maximum absolute atomic E-state index is 12.1. The normalized spacial score (nSPS) is 11.4. The Morgan fingerprint density at radius 2 is 2.19 bits per heavy atom. The molecule has 1 unspecified atom stereocenters. The second kappa shape index (κ2) is 9.14. The summed E-state index contributed by atoms with van der Waals surface area (Å²) in [6, 6.07) is 5.29. The van der Waals surface area contributed by atoms with Gasteiger partial charge in [-0.2, -0.15) is 0 Å². The predicted molar refractivity (Wildman–Crippen MR) is 80.1 cm³/mol. The largest absolute Gasteiger partial charge is 0.384 e. The Bertz CT molecular complexity index is 531. The number of carbonyl (C=O) groups is 1. The number of aliphatic hydroxyl groups is 1. The number of carbonyl (C=O) groups excluding carboxylic acids is 1. The fraction of sp³-hybridized carbons (Fsp3) is 0.438. The second-order valence-electron chi connectivity index (χ2n) is 4.51. The highest BCUT2D eigenvalue weighted by Crippen LogP contribution is 2.10. The molecule has 1 aromatic rings. The lowest BCUT2D eigenvalue weighted by Gasteiger charge is -2.15. The molecule has 1 aromatic carbocycles. The molecule has 0 fully saturated rings. The molecule has 0 aliphatic carbocycles. The number of hydrogen-bond acceptors (Lipinski definition) is 4. The van der Waals surface area contributed by atoms with Gasteiger partial charge in [-0.3, -0.25) is 4.79 Å². The zero-order chi connectivity index (χ0) is 15.7. The molecule has 0 saturated carbocycles. The van der Waals surface area contributed by atoms with Gasteiger partial charge in [0.1, 0.15) is 6.61 Å². The Morgan fingerprint density at radius 3 is 2.81 bits per heavy atom. The van der Waals surface area contributed by atoms with Crippen LogP contribution in [-0.2, 0) is 9.47 Å². The van der Waals surface area contributed by atoms with Crippen molar-refractivity contribution in [2.24, 2.45) is 0 Å².